The van der Waals surface area contributed by atoms with E-state index >= 15 is 0 Å². The molecule has 0 aliphatic carbocycles. The number of nitrogens with zero attached hydrogens (tertiary/aromatic N) is 2. The maximum Gasteiger partial charge on any atom is 0.241 e. The predicted octanol–water partition coefficient (Wildman–Crippen LogP) is -0.467. The Bertz CT molecular complexity index is 280. The summed E-state index contributed by atoms with van der Waals surface area (Å²) < 4.78 is 4.95. The summed E-state index contributed by atoms with van der Waals surface area (Å²) in [5.74, 6) is -0.301. The summed E-state index contributed by atoms with van der Waals surface area (Å²) in [5, 5.41) is 0. The molecule has 0 aliphatic rings. The molecular formula is C12H25N3O3. The van der Waals surface area contributed by atoms with Gasteiger partial charge in [0.05, 0.1) is 19.2 Å². The Morgan fingerprint density at radius 2 is 1.83 bits per heavy atom. The van der Waals surface area contributed by atoms with E-state index in [1.165, 1.54) is 9.80 Å². The zero-order valence-corrected chi connectivity index (χ0v) is 12.0. The van der Waals surface area contributed by atoms with Gasteiger partial charge in [0.15, 0.2) is 0 Å². The van der Waals surface area contributed by atoms with Gasteiger partial charge in [-0.1, -0.05) is 13.8 Å². The van der Waals surface area contributed by atoms with Gasteiger partial charge < -0.3 is 20.3 Å². The van der Waals surface area contributed by atoms with Crippen molar-refractivity contribution in [2.45, 2.75) is 19.9 Å². The molecule has 0 bridgehead atoms. The Morgan fingerprint density at radius 1 is 1.28 bits per heavy atom. The van der Waals surface area contributed by atoms with E-state index in [-0.39, 0.29) is 24.3 Å². The molecule has 1 unspecified atom stereocenters. The van der Waals surface area contributed by atoms with Gasteiger partial charge in [-0.25, -0.2) is 0 Å². The summed E-state index contributed by atoms with van der Waals surface area (Å²) in [6, 6.07) is -0.586. The van der Waals surface area contributed by atoms with Crippen LogP contribution in [0.25, 0.3) is 0 Å². The number of nitrogens with two attached hydrogens (primary N) is 1. The van der Waals surface area contributed by atoms with Crippen molar-refractivity contribution in [3.63, 3.8) is 0 Å². The van der Waals surface area contributed by atoms with Crippen LogP contribution in [0, 0.1) is 5.92 Å². The average Bonchev–Trinajstić information content (AvgIpc) is 2.31. The smallest absolute Gasteiger partial charge is 0.241 e. The van der Waals surface area contributed by atoms with Gasteiger partial charge in [-0.05, 0) is 5.92 Å². The van der Waals surface area contributed by atoms with Gasteiger partial charge in [0.2, 0.25) is 11.8 Å². The highest BCUT2D eigenvalue weighted by Crippen LogP contribution is 2.04. The first-order valence-electron chi connectivity index (χ1n) is 6.04. The molecule has 0 rings (SSSR count). The molecule has 0 aromatic rings. The van der Waals surface area contributed by atoms with Crippen molar-refractivity contribution < 1.29 is 14.3 Å². The SMILES string of the molecule is COCCN(CC(=O)N(C)C)C(=O)C(N)C(C)C. The van der Waals surface area contributed by atoms with Crippen LogP contribution in [0.5, 0.6) is 0 Å². The number of likely N-dealkylation sites (N-methyl/N-ethyl adjacent to an activating group) is 1. The molecule has 0 fully saturated rings. The van der Waals surface area contributed by atoms with Crippen molar-refractivity contribution in [3.8, 4) is 0 Å². The van der Waals surface area contributed by atoms with Crippen molar-refractivity contribution in [1.82, 2.24) is 9.80 Å². The quantitative estimate of drug-likeness (QED) is 0.671. The van der Waals surface area contributed by atoms with Crippen LogP contribution >= 0.6 is 0 Å². The van der Waals surface area contributed by atoms with E-state index in [4.69, 9.17) is 10.5 Å². The topological polar surface area (TPSA) is 75.9 Å². The highest BCUT2D eigenvalue weighted by Gasteiger charge is 2.25. The lowest BCUT2D eigenvalue weighted by atomic mass is 10.0. The minimum absolute atomic E-state index is 0.0373. The maximum atomic E-state index is 12.1. The molecule has 0 radical (unpaired) electrons. The van der Waals surface area contributed by atoms with Gasteiger partial charge in [-0.3, -0.25) is 9.59 Å². The van der Waals surface area contributed by atoms with E-state index < -0.39 is 6.04 Å². The molecule has 0 aromatic carbocycles. The fourth-order valence-electron chi connectivity index (χ4n) is 1.27. The number of amides is 2. The summed E-state index contributed by atoms with van der Waals surface area (Å²) in [6.07, 6.45) is 0. The van der Waals surface area contributed by atoms with Crippen molar-refractivity contribution in [2.24, 2.45) is 11.7 Å². The maximum absolute atomic E-state index is 12.1. The van der Waals surface area contributed by atoms with E-state index in [1.54, 1.807) is 21.2 Å². The highest BCUT2D eigenvalue weighted by atomic mass is 16.5. The minimum Gasteiger partial charge on any atom is -0.383 e. The standard InChI is InChI=1S/C12H25N3O3/c1-9(2)11(13)12(17)15(6-7-18-5)8-10(16)14(3)4/h9,11H,6-8,13H2,1-5H3. The molecule has 0 heterocycles. The van der Waals surface area contributed by atoms with Crippen LogP contribution in [-0.4, -0.2) is 68.6 Å². The monoisotopic (exact) mass is 259 g/mol. The highest BCUT2D eigenvalue weighted by molar-refractivity contribution is 5.87. The third-order valence-corrected chi connectivity index (χ3v) is 2.71. The second-order valence-corrected chi connectivity index (χ2v) is 4.81. The van der Waals surface area contributed by atoms with Gasteiger partial charge >= 0.3 is 0 Å². The van der Waals surface area contributed by atoms with E-state index in [0.29, 0.717) is 13.2 Å². The summed E-state index contributed by atoms with van der Waals surface area (Å²) in [7, 11) is 4.87. The lowest BCUT2D eigenvalue weighted by Crippen LogP contribution is -2.50. The minimum atomic E-state index is -0.586. The van der Waals surface area contributed by atoms with E-state index in [2.05, 4.69) is 0 Å². The molecule has 0 saturated heterocycles. The fraction of sp³-hybridized carbons (Fsp3) is 0.833. The van der Waals surface area contributed by atoms with Crippen LogP contribution in [0.15, 0.2) is 0 Å². The van der Waals surface area contributed by atoms with Crippen LogP contribution in [0.1, 0.15) is 13.8 Å². The number of rotatable bonds is 7. The van der Waals surface area contributed by atoms with Crippen molar-refractivity contribution in [3.05, 3.63) is 0 Å². The summed E-state index contributed by atoms with van der Waals surface area (Å²) in [4.78, 5) is 26.7. The Kier molecular flexibility index (Phi) is 7.54. The van der Waals surface area contributed by atoms with Crippen molar-refractivity contribution >= 4 is 11.8 Å². The molecular weight excluding hydrogens is 234 g/mol. The van der Waals surface area contributed by atoms with Crippen LogP contribution in [-0.2, 0) is 14.3 Å². The molecule has 6 nitrogen and oxygen atoms in total. The lowest BCUT2D eigenvalue weighted by Gasteiger charge is -2.27. The molecule has 1 atom stereocenters. The van der Waals surface area contributed by atoms with Crippen molar-refractivity contribution in [1.29, 1.82) is 0 Å². The molecule has 0 aromatic heterocycles. The predicted molar refractivity (Wildman–Crippen MR) is 70.0 cm³/mol. The van der Waals surface area contributed by atoms with Gasteiger partial charge in [-0.15, -0.1) is 0 Å². The van der Waals surface area contributed by atoms with E-state index in [9.17, 15) is 9.59 Å². The molecule has 0 aliphatic heterocycles. The number of carbonyl (C=O) groups excluding carboxylic acids is 2. The number of carbonyl (C=O) groups is 2. The van der Waals surface area contributed by atoms with Gasteiger partial charge in [0.1, 0.15) is 0 Å². The molecule has 6 heteroatoms. The Balaban J connectivity index is 4.66. The molecule has 0 spiro atoms. The van der Waals surface area contributed by atoms with Crippen LogP contribution in [0.3, 0.4) is 0 Å². The second-order valence-electron chi connectivity index (χ2n) is 4.81. The molecule has 2 amide bonds. The van der Waals surface area contributed by atoms with Gasteiger partial charge in [0, 0.05) is 27.7 Å². The number of ether oxygens (including phenoxy) is 1. The van der Waals surface area contributed by atoms with Gasteiger partial charge in [0.25, 0.3) is 0 Å². The van der Waals surface area contributed by atoms with Crippen molar-refractivity contribution in [2.75, 3.05) is 40.9 Å². The summed E-state index contributed by atoms with van der Waals surface area (Å²) in [5.41, 5.74) is 5.83. The third-order valence-electron chi connectivity index (χ3n) is 2.71. The summed E-state index contributed by atoms with van der Waals surface area (Å²) >= 11 is 0. The van der Waals surface area contributed by atoms with Crippen LogP contribution in [0.4, 0.5) is 0 Å². The van der Waals surface area contributed by atoms with E-state index in [0.717, 1.165) is 0 Å². The first kappa shape index (κ1) is 16.9. The third kappa shape index (κ3) is 5.46. The fourth-order valence-corrected chi connectivity index (χ4v) is 1.27. The largest absolute Gasteiger partial charge is 0.383 e. The number of hydrogen-bond acceptors (Lipinski definition) is 4. The van der Waals surface area contributed by atoms with Gasteiger partial charge in [-0.2, -0.15) is 0 Å². The zero-order valence-electron chi connectivity index (χ0n) is 12.0. The molecule has 2 N–H and O–H groups in total. The van der Waals surface area contributed by atoms with Crippen LogP contribution < -0.4 is 5.73 Å². The first-order valence-corrected chi connectivity index (χ1v) is 6.04. The van der Waals surface area contributed by atoms with E-state index in [1.807, 2.05) is 13.8 Å². The Labute approximate surface area is 109 Å². The summed E-state index contributed by atoms with van der Waals surface area (Å²) in [6.45, 7) is 4.55. The molecule has 106 valence electrons. The lowest BCUT2D eigenvalue weighted by molar-refractivity contribution is -0.141. The molecule has 18 heavy (non-hydrogen) atoms. The average molecular weight is 259 g/mol. The Morgan fingerprint density at radius 3 is 2.22 bits per heavy atom. The Hall–Kier alpha value is -1.14. The number of methoxy groups -OCH3 is 1. The second kappa shape index (κ2) is 8.05. The molecule has 0 saturated carbocycles. The normalized spacial score (nSPS) is 12.4. The zero-order chi connectivity index (χ0) is 14.3. The van der Waals surface area contributed by atoms with Crippen LogP contribution in [0.2, 0.25) is 0 Å². The first-order chi connectivity index (χ1) is 8.31. The number of hydrogen-bond donors (Lipinski definition) is 1.